The molecule has 2 rings (SSSR count). The minimum atomic E-state index is -0.433. The topological polar surface area (TPSA) is 38.3 Å². The van der Waals surface area contributed by atoms with Crippen LogP contribution in [0.4, 0.5) is 0 Å². The van der Waals surface area contributed by atoms with Gasteiger partial charge in [-0.05, 0) is 41.3 Å². The van der Waals surface area contributed by atoms with E-state index in [1.165, 1.54) is 5.56 Å². The number of benzene rings is 1. The Labute approximate surface area is 123 Å². The average molecular weight is 289 g/mol. The summed E-state index contributed by atoms with van der Waals surface area (Å²) < 4.78 is 5.57. The summed E-state index contributed by atoms with van der Waals surface area (Å²) >= 11 is 1.67. The number of nitrogens with one attached hydrogen (secondary N) is 1. The lowest BCUT2D eigenvalue weighted by Gasteiger charge is -2.13. The quantitative estimate of drug-likeness (QED) is 0.851. The molecule has 1 aromatic heterocycles. The molecule has 0 aliphatic carbocycles. The molecule has 0 radical (unpaired) electrons. The van der Waals surface area contributed by atoms with Gasteiger partial charge in [0.25, 0.3) is 0 Å². The van der Waals surface area contributed by atoms with Crippen molar-refractivity contribution in [3.8, 4) is 0 Å². The Kier molecular flexibility index (Phi) is 5.77. The van der Waals surface area contributed by atoms with E-state index in [9.17, 15) is 4.79 Å². The van der Waals surface area contributed by atoms with Crippen molar-refractivity contribution < 1.29 is 9.53 Å². The highest BCUT2D eigenvalue weighted by atomic mass is 32.1. The number of carbonyl (C=O) groups excluding carboxylic acids is 1. The van der Waals surface area contributed by atoms with Gasteiger partial charge >= 0.3 is 0 Å². The highest BCUT2D eigenvalue weighted by Crippen LogP contribution is 2.06. The first kappa shape index (κ1) is 14.8. The van der Waals surface area contributed by atoms with E-state index < -0.39 is 6.10 Å². The van der Waals surface area contributed by atoms with E-state index in [1.807, 2.05) is 35.7 Å². The minimum Gasteiger partial charge on any atom is -0.364 e. The SMILES string of the molecule is CC(OCc1ccccc1)C(=O)NCCc1ccsc1. The molecule has 0 aliphatic rings. The lowest BCUT2D eigenvalue weighted by atomic mass is 10.2. The lowest BCUT2D eigenvalue weighted by molar-refractivity contribution is -0.132. The van der Waals surface area contributed by atoms with E-state index in [-0.39, 0.29) is 5.91 Å². The van der Waals surface area contributed by atoms with Crippen LogP contribution in [0.1, 0.15) is 18.1 Å². The van der Waals surface area contributed by atoms with Crippen LogP contribution in [0.2, 0.25) is 0 Å². The third kappa shape index (κ3) is 4.79. The fourth-order valence-corrected chi connectivity index (χ4v) is 2.48. The standard InChI is InChI=1S/C16H19NO2S/c1-13(19-11-14-5-3-2-4-6-14)16(18)17-9-7-15-8-10-20-12-15/h2-6,8,10,12-13H,7,9,11H2,1H3,(H,17,18). The summed E-state index contributed by atoms with van der Waals surface area (Å²) in [5.41, 5.74) is 2.33. The van der Waals surface area contributed by atoms with Gasteiger partial charge < -0.3 is 10.1 Å². The van der Waals surface area contributed by atoms with Crippen LogP contribution in [-0.2, 0) is 22.6 Å². The number of rotatable bonds is 7. The zero-order valence-electron chi connectivity index (χ0n) is 11.5. The van der Waals surface area contributed by atoms with Crippen LogP contribution in [0, 0.1) is 0 Å². The van der Waals surface area contributed by atoms with Crippen molar-refractivity contribution in [2.24, 2.45) is 0 Å². The van der Waals surface area contributed by atoms with Crippen LogP contribution < -0.4 is 5.32 Å². The van der Waals surface area contributed by atoms with Crippen LogP contribution in [0.25, 0.3) is 0 Å². The summed E-state index contributed by atoms with van der Waals surface area (Å²) in [5, 5.41) is 7.04. The number of hydrogen-bond acceptors (Lipinski definition) is 3. The van der Waals surface area contributed by atoms with E-state index in [2.05, 4.69) is 16.8 Å². The van der Waals surface area contributed by atoms with Crippen LogP contribution in [-0.4, -0.2) is 18.6 Å². The average Bonchev–Trinajstić information content (AvgIpc) is 2.99. The molecule has 1 unspecified atom stereocenters. The Morgan fingerprint density at radius 3 is 2.75 bits per heavy atom. The normalized spacial score (nSPS) is 12.1. The first-order chi connectivity index (χ1) is 9.75. The second-order valence-corrected chi connectivity index (χ2v) is 5.39. The molecule has 1 atom stereocenters. The molecule has 0 fully saturated rings. The molecule has 0 saturated carbocycles. The van der Waals surface area contributed by atoms with Crippen molar-refractivity contribution in [3.05, 3.63) is 58.3 Å². The molecule has 0 bridgehead atoms. The van der Waals surface area contributed by atoms with Gasteiger partial charge in [-0.3, -0.25) is 4.79 Å². The Morgan fingerprint density at radius 2 is 2.05 bits per heavy atom. The monoisotopic (exact) mass is 289 g/mol. The third-order valence-electron chi connectivity index (χ3n) is 3.01. The summed E-state index contributed by atoms with van der Waals surface area (Å²) in [7, 11) is 0. The molecule has 1 N–H and O–H groups in total. The molecule has 0 saturated heterocycles. The van der Waals surface area contributed by atoms with E-state index in [0.29, 0.717) is 13.2 Å². The van der Waals surface area contributed by atoms with Crippen LogP contribution in [0.5, 0.6) is 0 Å². The smallest absolute Gasteiger partial charge is 0.248 e. The summed E-state index contributed by atoms with van der Waals surface area (Å²) in [4.78, 5) is 11.9. The highest BCUT2D eigenvalue weighted by Gasteiger charge is 2.12. The second-order valence-electron chi connectivity index (χ2n) is 4.61. The molecule has 2 aromatic rings. The number of thiophene rings is 1. The molecule has 1 amide bonds. The van der Waals surface area contributed by atoms with Gasteiger partial charge in [0.2, 0.25) is 5.91 Å². The summed E-state index contributed by atoms with van der Waals surface area (Å²) in [6.07, 6.45) is 0.429. The van der Waals surface area contributed by atoms with Crippen molar-refractivity contribution in [2.75, 3.05) is 6.54 Å². The first-order valence-electron chi connectivity index (χ1n) is 6.70. The van der Waals surface area contributed by atoms with Crippen molar-refractivity contribution in [3.63, 3.8) is 0 Å². The summed E-state index contributed by atoms with van der Waals surface area (Å²) in [6.45, 7) is 2.89. The van der Waals surface area contributed by atoms with Gasteiger partial charge in [0, 0.05) is 6.54 Å². The van der Waals surface area contributed by atoms with Gasteiger partial charge in [-0.2, -0.15) is 11.3 Å². The van der Waals surface area contributed by atoms with Gasteiger partial charge in [0.15, 0.2) is 0 Å². The van der Waals surface area contributed by atoms with E-state index >= 15 is 0 Å². The molecule has 1 aromatic carbocycles. The number of ether oxygens (including phenoxy) is 1. The number of carbonyl (C=O) groups is 1. The number of amides is 1. The highest BCUT2D eigenvalue weighted by molar-refractivity contribution is 7.07. The predicted molar refractivity (Wildman–Crippen MR) is 81.7 cm³/mol. The molecule has 20 heavy (non-hydrogen) atoms. The Hall–Kier alpha value is -1.65. The van der Waals surface area contributed by atoms with Gasteiger partial charge in [0.1, 0.15) is 6.10 Å². The molecule has 4 heteroatoms. The van der Waals surface area contributed by atoms with Crippen LogP contribution in [0.15, 0.2) is 47.2 Å². The van der Waals surface area contributed by atoms with Gasteiger partial charge in [-0.25, -0.2) is 0 Å². The number of hydrogen-bond donors (Lipinski definition) is 1. The molecular formula is C16H19NO2S. The molecule has 106 valence electrons. The maximum atomic E-state index is 11.9. The molecule has 1 heterocycles. The fraction of sp³-hybridized carbons (Fsp3) is 0.312. The predicted octanol–water partition coefficient (Wildman–Crippen LogP) is 3.01. The van der Waals surface area contributed by atoms with Crippen LogP contribution in [0.3, 0.4) is 0 Å². The second kappa shape index (κ2) is 7.82. The van der Waals surface area contributed by atoms with E-state index in [4.69, 9.17) is 4.74 Å². The van der Waals surface area contributed by atoms with Crippen molar-refractivity contribution in [1.82, 2.24) is 5.32 Å². The Morgan fingerprint density at radius 1 is 1.25 bits per heavy atom. The van der Waals surface area contributed by atoms with Gasteiger partial charge in [-0.15, -0.1) is 0 Å². The summed E-state index contributed by atoms with van der Waals surface area (Å²) in [5.74, 6) is -0.0591. The molecule has 0 spiro atoms. The lowest BCUT2D eigenvalue weighted by Crippen LogP contribution is -2.35. The first-order valence-corrected chi connectivity index (χ1v) is 7.64. The fourth-order valence-electron chi connectivity index (χ4n) is 1.78. The summed E-state index contributed by atoms with van der Waals surface area (Å²) in [6, 6.07) is 11.9. The van der Waals surface area contributed by atoms with Crippen molar-refractivity contribution in [2.45, 2.75) is 26.1 Å². The third-order valence-corrected chi connectivity index (χ3v) is 3.74. The Balaban J connectivity index is 1.66. The molecule has 0 aliphatic heterocycles. The zero-order valence-corrected chi connectivity index (χ0v) is 12.4. The van der Waals surface area contributed by atoms with Crippen molar-refractivity contribution >= 4 is 17.2 Å². The van der Waals surface area contributed by atoms with E-state index in [1.54, 1.807) is 18.3 Å². The van der Waals surface area contributed by atoms with E-state index in [0.717, 1.165) is 12.0 Å². The minimum absolute atomic E-state index is 0.0591. The maximum Gasteiger partial charge on any atom is 0.248 e. The van der Waals surface area contributed by atoms with Crippen LogP contribution >= 0.6 is 11.3 Å². The van der Waals surface area contributed by atoms with Crippen molar-refractivity contribution in [1.29, 1.82) is 0 Å². The zero-order chi connectivity index (χ0) is 14.2. The molecular weight excluding hydrogens is 270 g/mol. The maximum absolute atomic E-state index is 11.9. The van der Waals surface area contributed by atoms with Gasteiger partial charge in [0.05, 0.1) is 6.61 Å². The Bertz CT molecular complexity index is 511. The van der Waals surface area contributed by atoms with Gasteiger partial charge in [-0.1, -0.05) is 30.3 Å². The molecule has 3 nitrogen and oxygen atoms in total. The largest absolute Gasteiger partial charge is 0.364 e.